The molecule has 1 nitrogen and oxygen atoms in total. The van der Waals surface area contributed by atoms with Crippen molar-refractivity contribution in [2.75, 3.05) is 4.90 Å². The lowest BCUT2D eigenvalue weighted by Crippen LogP contribution is -2.22. The lowest BCUT2D eigenvalue weighted by Gasteiger charge is -2.31. The van der Waals surface area contributed by atoms with E-state index in [1.807, 2.05) is 0 Å². The molecular formula is C64H45N. The number of rotatable bonds is 8. The maximum absolute atomic E-state index is 2.49. The SMILES string of the molecule is CC1(c2ccccc2)c2ccccc2-c2ccc(N(c3ccc(-c4ccccc4)c(-c4ccccc4)c3)c3ccc4c(c3)c(-c3ccccc3)c(-c3ccccc3)c3ccccc34)cc21. The molecule has 0 saturated carbocycles. The van der Waals surface area contributed by atoms with E-state index in [2.05, 4.69) is 267 Å². The van der Waals surface area contributed by atoms with E-state index < -0.39 is 0 Å². The minimum absolute atomic E-state index is 0.353. The first-order chi connectivity index (χ1) is 32.1. The number of hydrogen-bond acceptors (Lipinski definition) is 1. The van der Waals surface area contributed by atoms with Gasteiger partial charge in [0.15, 0.2) is 0 Å². The molecule has 0 bridgehead atoms. The van der Waals surface area contributed by atoms with Crippen LogP contribution in [0, 0.1) is 0 Å². The molecule has 0 N–H and O–H groups in total. The molecular weight excluding hydrogens is 783 g/mol. The Labute approximate surface area is 381 Å². The van der Waals surface area contributed by atoms with Gasteiger partial charge in [-0.05, 0) is 137 Å². The molecule has 1 aliphatic rings. The number of hydrogen-bond donors (Lipinski definition) is 0. The van der Waals surface area contributed by atoms with Crippen LogP contribution in [0.2, 0.25) is 0 Å². The first-order valence-corrected chi connectivity index (χ1v) is 22.6. The van der Waals surface area contributed by atoms with Crippen LogP contribution in [0.25, 0.3) is 77.2 Å². The molecule has 0 saturated heterocycles. The highest BCUT2D eigenvalue weighted by molar-refractivity contribution is 6.22. The zero-order valence-corrected chi connectivity index (χ0v) is 36.2. The van der Waals surface area contributed by atoms with Gasteiger partial charge >= 0.3 is 0 Å². The van der Waals surface area contributed by atoms with Crippen molar-refractivity contribution < 1.29 is 0 Å². The Morgan fingerprint density at radius 3 is 1.35 bits per heavy atom. The quantitative estimate of drug-likeness (QED) is 0.138. The fraction of sp³-hybridized carbons (Fsp3) is 0.0312. The van der Waals surface area contributed by atoms with Crippen LogP contribution in [0.5, 0.6) is 0 Å². The molecule has 0 aliphatic heterocycles. The third kappa shape index (κ3) is 6.39. The zero-order chi connectivity index (χ0) is 43.3. The molecule has 0 heterocycles. The minimum atomic E-state index is -0.353. The van der Waals surface area contributed by atoms with E-state index in [9.17, 15) is 0 Å². The molecule has 306 valence electrons. The second-order valence-electron chi connectivity index (χ2n) is 17.3. The number of nitrogens with zero attached hydrogens (tertiary/aromatic N) is 1. The Balaban J connectivity index is 1.16. The van der Waals surface area contributed by atoms with Crippen molar-refractivity contribution in [1.82, 2.24) is 0 Å². The summed E-state index contributed by atoms with van der Waals surface area (Å²) in [6, 6.07) is 93.7. The summed E-state index contributed by atoms with van der Waals surface area (Å²) in [4.78, 5) is 2.49. The van der Waals surface area contributed by atoms with Crippen LogP contribution >= 0.6 is 0 Å². The summed E-state index contributed by atoms with van der Waals surface area (Å²) >= 11 is 0. The molecule has 1 unspecified atom stereocenters. The monoisotopic (exact) mass is 827 g/mol. The first kappa shape index (κ1) is 38.4. The van der Waals surface area contributed by atoms with Crippen LogP contribution < -0.4 is 4.90 Å². The van der Waals surface area contributed by atoms with Gasteiger partial charge in [0.05, 0.1) is 0 Å². The molecule has 0 aromatic heterocycles. The Hall–Kier alpha value is -8.26. The van der Waals surface area contributed by atoms with E-state index in [-0.39, 0.29) is 5.41 Å². The first-order valence-electron chi connectivity index (χ1n) is 22.6. The van der Waals surface area contributed by atoms with Gasteiger partial charge in [0.1, 0.15) is 0 Å². The molecule has 0 fully saturated rings. The number of fused-ring (bicyclic) bond motifs is 6. The van der Waals surface area contributed by atoms with E-state index in [0.29, 0.717) is 0 Å². The van der Waals surface area contributed by atoms with Gasteiger partial charge in [0.25, 0.3) is 0 Å². The highest BCUT2D eigenvalue weighted by Crippen LogP contribution is 2.55. The highest BCUT2D eigenvalue weighted by atomic mass is 15.1. The topological polar surface area (TPSA) is 3.24 Å². The highest BCUT2D eigenvalue weighted by Gasteiger charge is 2.41. The summed E-state index contributed by atoms with van der Waals surface area (Å²) in [6.07, 6.45) is 0. The molecule has 1 heteroatoms. The fourth-order valence-corrected chi connectivity index (χ4v) is 10.7. The molecule has 65 heavy (non-hydrogen) atoms. The van der Waals surface area contributed by atoms with Crippen LogP contribution in [0.1, 0.15) is 23.6 Å². The average molecular weight is 828 g/mol. The molecule has 0 spiro atoms. The summed E-state index contributed by atoms with van der Waals surface area (Å²) in [5.41, 5.74) is 19.1. The van der Waals surface area contributed by atoms with Crippen LogP contribution in [0.4, 0.5) is 17.1 Å². The van der Waals surface area contributed by atoms with Crippen molar-refractivity contribution in [1.29, 1.82) is 0 Å². The maximum atomic E-state index is 2.49. The molecule has 0 amide bonds. The van der Waals surface area contributed by atoms with Crippen LogP contribution in [-0.2, 0) is 5.41 Å². The third-order valence-electron chi connectivity index (χ3n) is 13.7. The second-order valence-corrected chi connectivity index (χ2v) is 17.3. The van der Waals surface area contributed by atoms with E-state index in [1.54, 1.807) is 0 Å². The standard InChI is InChI=1S/C64H45N/c1-64(48-29-15-6-16-30-48)60-34-20-19-32-55(60)56-40-37-51(43-61(56)64)65(49-35-38-52(44-21-7-2-8-22-44)58(41-49)45-23-9-3-10-24-45)50-36-39-54-53-31-17-18-33-57(53)62(46-25-11-4-12-26-46)63(59(54)42-50)47-27-13-5-14-28-47/h2-43H,1H3. The summed E-state index contributed by atoms with van der Waals surface area (Å²) < 4.78 is 0. The predicted molar refractivity (Wildman–Crippen MR) is 275 cm³/mol. The van der Waals surface area contributed by atoms with Crippen molar-refractivity contribution in [2.24, 2.45) is 0 Å². The van der Waals surface area contributed by atoms with Gasteiger partial charge in [0.2, 0.25) is 0 Å². The van der Waals surface area contributed by atoms with Gasteiger partial charge in [-0.1, -0.05) is 218 Å². The summed E-state index contributed by atoms with van der Waals surface area (Å²) in [5.74, 6) is 0. The van der Waals surface area contributed by atoms with E-state index in [4.69, 9.17) is 0 Å². The lowest BCUT2D eigenvalue weighted by atomic mass is 9.74. The predicted octanol–water partition coefficient (Wildman–Crippen LogP) is 17.5. The second kappa shape index (κ2) is 15.8. The number of anilines is 3. The van der Waals surface area contributed by atoms with Gasteiger partial charge in [-0.15, -0.1) is 0 Å². The van der Waals surface area contributed by atoms with Crippen LogP contribution in [-0.4, -0.2) is 0 Å². The van der Waals surface area contributed by atoms with Crippen molar-refractivity contribution in [3.63, 3.8) is 0 Å². The van der Waals surface area contributed by atoms with Crippen molar-refractivity contribution in [3.8, 4) is 55.6 Å². The largest absolute Gasteiger partial charge is 0.310 e. The number of benzene rings is 11. The van der Waals surface area contributed by atoms with Crippen molar-refractivity contribution in [3.05, 3.63) is 271 Å². The summed E-state index contributed by atoms with van der Waals surface area (Å²) in [6.45, 7) is 2.40. The smallest absolute Gasteiger partial charge is 0.0468 e. The molecule has 1 atom stereocenters. The summed E-state index contributed by atoms with van der Waals surface area (Å²) in [7, 11) is 0. The van der Waals surface area contributed by atoms with Gasteiger partial charge in [-0.2, -0.15) is 0 Å². The Morgan fingerprint density at radius 2 is 0.708 bits per heavy atom. The van der Waals surface area contributed by atoms with Crippen LogP contribution in [0.15, 0.2) is 255 Å². The molecule has 1 aliphatic carbocycles. The lowest BCUT2D eigenvalue weighted by molar-refractivity contribution is 0.714. The zero-order valence-electron chi connectivity index (χ0n) is 36.2. The average Bonchev–Trinajstić information content (AvgIpc) is 3.65. The summed E-state index contributed by atoms with van der Waals surface area (Å²) in [5, 5.41) is 4.93. The fourth-order valence-electron chi connectivity index (χ4n) is 10.7. The van der Waals surface area contributed by atoms with Crippen LogP contribution in [0.3, 0.4) is 0 Å². The van der Waals surface area contributed by atoms with Gasteiger partial charge in [0, 0.05) is 22.5 Å². The Bertz CT molecular complexity index is 3530. The van der Waals surface area contributed by atoms with Gasteiger partial charge < -0.3 is 4.90 Å². The normalized spacial score (nSPS) is 14.0. The molecule has 11 aromatic carbocycles. The van der Waals surface area contributed by atoms with Gasteiger partial charge in [-0.3, -0.25) is 0 Å². The van der Waals surface area contributed by atoms with E-state index in [1.165, 1.54) is 93.9 Å². The van der Waals surface area contributed by atoms with Gasteiger partial charge in [-0.25, -0.2) is 0 Å². The van der Waals surface area contributed by atoms with Crippen molar-refractivity contribution in [2.45, 2.75) is 12.3 Å². The van der Waals surface area contributed by atoms with E-state index in [0.717, 1.165) is 17.1 Å². The Kier molecular flexibility index (Phi) is 9.35. The molecule has 11 aromatic rings. The minimum Gasteiger partial charge on any atom is -0.310 e. The molecule has 12 rings (SSSR count). The molecule has 0 radical (unpaired) electrons. The van der Waals surface area contributed by atoms with Crippen molar-refractivity contribution >= 4 is 38.6 Å². The third-order valence-corrected chi connectivity index (χ3v) is 13.7. The maximum Gasteiger partial charge on any atom is 0.0468 e. The Morgan fingerprint density at radius 1 is 0.277 bits per heavy atom. The van der Waals surface area contributed by atoms with E-state index >= 15 is 0 Å².